The third-order valence-corrected chi connectivity index (χ3v) is 3.81. The summed E-state index contributed by atoms with van der Waals surface area (Å²) in [5.74, 6) is 0.882. The molecule has 1 saturated heterocycles. The molecule has 0 bridgehead atoms. The van der Waals surface area contributed by atoms with E-state index in [0.29, 0.717) is 0 Å². The maximum absolute atomic E-state index is 10.6. The van der Waals surface area contributed by atoms with Crippen LogP contribution in [0, 0.1) is 12.3 Å². The van der Waals surface area contributed by atoms with Crippen LogP contribution in [0.15, 0.2) is 24.3 Å². The van der Waals surface area contributed by atoms with Crippen molar-refractivity contribution in [2.45, 2.75) is 50.1 Å². The fraction of sp³-hybridized carbons (Fsp3) is 0.588. The lowest BCUT2D eigenvalue weighted by atomic mass is 9.94. The van der Waals surface area contributed by atoms with Gasteiger partial charge in [-0.2, -0.15) is 0 Å². The lowest BCUT2D eigenvalue weighted by Gasteiger charge is -2.31. The van der Waals surface area contributed by atoms with Crippen molar-refractivity contribution in [1.82, 2.24) is 0 Å². The summed E-state index contributed by atoms with van der Waals surface area (Å²) >= 11 is 0. The zero-order chi connectivity index (χ0) is 15.8. The molecule has 2 rings (SSSR count). The Balaban J connectivity index is 1.98. The highest BCUT2D eigenvalue weighted by Crippen LogP contribution is 2.40. The zero-order valence-corrected chi connectivity index (χ0v) is 12.6. The minimum absolute atomic E-state index is 0.196. The van der Waals surface area contributed by atoms with Crippen molar-refractivity contribution < 1.29 is 24.1 Å². The van der Waals surface area contributed by atoms with Gasteiger partial charge in [0.15, 0.2) is 5.79 Å². The van der Waals surface area contributed by atoms with Crippen LogP contribution in [0.25, 0.3) is 0 Å². The summed E-state index contributed by atoms with van der Waals surface area (Å²) in [7, 11) is 0. The molecule has 1 heterocycles. The molecule has 22 heavy (non-hydrogen) atoms. The molecule has 2 aliphatic rings. The van der Waals surface area contributed by atoms with Crippen LogP contribution >= 0.6 is 0 Å². The first-order valence-electron chi connectivity index (χ1n) is 7.60. The molecule has 2 atom stereocenters. The van der Waals surface area contributed by atoms with E-state index in [0.717, 1.165) is 25.7 Å². The van der Waals surface area contributed by atoms with E-state index >= 15 is 0 Å². The van der Waals surface area contributed by atoms with Gasteiger partial charge in [-0.3, -0.25) is 0 Å². The van der Waals surface area contributed by atoms with Crippen molar-refractivity contribution in [3.63, 3.8) is 0 Å². The first-order valence-corrected chi connectivity index (χ1v) is 7.60. The molecule has 0 aromatic rings. The number of ether oxygens (including phenoxy) is 3. The fourth-order valence-corrected chi connectivity index (χ4v) is 2.86. The van der Waals surface area contributed by atoms with E-state index in [-0.39, 0.29) is 25.4 Å². The third-order valence-electron chi connectivity index (χ3n) is 3.81. The maximum atomic E-state index is 10.6. The van der Waals surface area contributed by atoms with Gasteiger partial charge in [-0.1, -0.05) is 30.6 Å². The van der Waals surface area contributed by atoms with Crippen molar-refractivity contribution in [3.05, 3.63) is 24.3 Å². The molecule has 1 aliphatic carbocycles. The van der Waals surface area contributed by atoms with Crippen molar-refractivity contribution in [2.75, 3.05) is 13.2 Å². The monoisotopic (exact) mass is 306 g/mol. The lowest BCUT2D eigenvalue weighted by molar-refractivity contribution is -0.195. The van der Waals surface area contributed by atoms with Gasteiger partial charge in [0.25, 0.3) is 0 Å². The third kappa shape index (κ3) is 4.70. The Morgan fingerprint density at radius 3 is 2.77 bits per heavy atom. The van der Waals surface area contributed by atoms with Gasteiger partial charge < -0.3 is 19.3 Å². The van der Waals surface area contributed by atoms with Gasteiger partial charge in [-0.05, 0) is 18.9 Å². The Morgan fingerprint density at radius 2 is 2.09 bits per heavy atom. The van der Waals surface area contributed by atoms with Crippen LogP contribution in [0.5, 0.6) is 0 Å². The summed E-state index contributed by atoms with van der Waals surface area (Å²) in [4.78, 5) is 10.6. The molecule has 0 unspecified atom stereocenters. The molecule has 1 saturated carbocycles. The maximum Gasteiger partial charge on any atom is 0.329 e. The van der Waals surface area contributed by atoms with E-state index in [2.05, 4.69) is 5.92 Å². The van der Waals surface area contributed by atoms with Crippen LogP contribution in [0.1, 0.15) is 32.1 Å². The van der Waals surface area contributed by atoms with Crippen LogP contribution in [0.3, 0.4) is 0 Å². The molecule has 1 spiro atoms. The van der Waals surface area contributed by atoms with Crippen LogP contribution in [-0.4, -0.2) is 42.3 Å². The van der Waals surface area contributed by atoms with Crippen molar-refractivity contribution in [3.8, 4) is 12.3 Å². The molecule has 0 radical (unpaired) electrons. The van der Waals surface area contributed by atoms with E-state index in [1.54, 1.807) is 12.2 Å². The van der Waals surface area contributed by atoms with Crippen LogP contribution in [-0.2, 0) is 19.0 Å². The molecule has 0 aromatic heterocycles. The summed E-state index contributed by atoms with van der Waals surface area (Å²) in [6.45, 7) is -0.137. The average molecular weight is 306 g/mol. The molecule has 2 fully saturated rings. The molecule has 5 heteroatoms. The zero-order valence-electron chi connectivity index (χ0n) is 12.6. The largest absolute Gasteiger partial charge is 0.480 e. The van der Waals surface area contributed by atoms with Gasteiger partial charge in [-0.15, -0.1) is 6.42 Å². The Morgan fingerprint density at radius 1 is 1.32 bits per heavy atom. The van der Waals surface area contributed by atoms with Gasteiger partial charge in [0.1, 0.15) is 18.8 Å². The van der Waals surface area contributed by atoms with E-state index < -0.39 is 11.8 Å². The highest BCUT2D eigenvalue weighted by atomic mass is 16.8. The normalized spacial score (nSPS) is 27.6. The molecular weight excluding hydrogens is 284 g/mol. The lowest BCUT2D eigenvalue weighted by Crippen LogP contribution is -2.34. The number of carboxylic acids is 1. The number of aliphatic carboxylic acids is 1. The number of terminal acetylenes is 1. The van der Waals surface area contributed by atoms with E-state index in [1.165, 1.54) is 6.42 Å². The molecule has 1 N–H and O–H groups in total. The highest BCUT2D eigenvalue weighted by molar-refractivity contribution is 5.67. The van der Waals surface area contributed by atoms with Gasteiger partial charge in [-0.25, -0.2) is 4.79 Å². The molecular formula is C17H22O5. The minimum atomic E-state index is -0.990. The van der Waals surface area contributed by atoms with Crippen LogP contribution in [0.2, 0.25) is 0 Å². The smallest absolute Gasteiger partial charge is 0.329 e. The summed E-state index contributed by atoms with van der Waals surface area (Å²) in [5.41, 5.74) is 0. The van der Waals surface area contributed by atoms with Crippen molar-refractivity contribution >= 4 is 5.97 Å². The number of hydrogen-bond acceptors (Lipinski definition) is 4. The highest BCUT2D eigenvalue weighted by Gasteiger charge is 2.47. The first kappa shape index (κ1) is 16.8. The van der Waals surface area contributed by atoms with E-state index in [1.807, 2.05) is 12.2 Å². The second-order valence-corrected chi connectivity index (χ2v) is 5.53. The van der Waals surface area contributed by atoms with Gasteiger partial charge in [0.05, 0.1) is 6.61 Å². The van der Waals surface area contributed by atoms with E-state index in [9.17, 15) is 4.79 Å². The van der Waals surface area contributed by atoms with Crippen molar-refractivity contribution in [1.29, 1.82) is 0 Å². The number of hydrogen-bond donors (Lipinski definition) is 1. The fourth-order valence-electron chi connectivity index (χ4n) is 2.86. The Bertz CT molecular complexity index is 468. The number of rotatable bonds is 6. The standard InChI is InChI=1S/C17H22O5/c1-2-3-4-6-9-14-15(12-20-13-16(18)19)22-17(21-14)10-7-5-8-11-17/h1,3-4,6,9,14-15H,5,7-8,10-13H2,(H,18,19)/b4-3+,9-6+/t14-,15+/m1/s1. The second kappa shape index (κ2) is 8.14. The summed E-state index contributed by atoms with van der Waals surface area (Å²) in [6.07, 6.45) is 16.7. The molecule has 5 nitrogen and oxygen atoms in total. The first-order chi connectivity index (χ1) is 10.7. The Labute approximate surface area is 130 Å². The minimum Gasteiger partial charge on any atom is -0.480 e. The number of carbonyl (C=O) groups is 1. The SMILES string of the molecule is C#C/C=C/C=C/[C@H]1OC2(CCCCC2)O[C@H]1COCC(=O)O. The summed E-state index contributed by atoms with van der Waals surface area (Å²) < 4.78 is 17.4. The summed E-state index contributed by atoms with van der Waals surface area (Å²) in [5, 5.41) is 8.66. The average Bonchev–Trinajstić information content (AvgIpc) is 2.81. The van der Waals surface area contributed by atoms with Gasteiger partial charge >= 0.3 is 5.97 Å². The van der Waals surface area contributed by atoms with Crippen molar-refractivity contribution in [2.24, 2.45) is 0 Å². The summed E-state index contributed by atoms with van der Waals surface area (Å²) in [6, 6.07) is 0. The molecule has 1 aliphatic heterocycles. The van der Waals surface area contributed by atoms with Crippen LogP contribution < -0.4 is 0 Å². The van der Waals surface area contributed by atoms with Gasteiger partial charge in [0, 0.05) is 12.8 Å². The Kier molecular flexibility index (Phi) is 6.20. The Hall–Kier alpha value is -1.61. The molecule has 0 amide bonds. The van der Waals surface area contributed by atoms with E-state index in [4.69, 9.17) is 25.7 Å². The van der Waals surface area contributed by atoms with Gasteiger partial charge in [0.2, 0.25) is 0 Å². The predicted molar refractivity (Wildman–Crippen MR) is 81.1 cm³/mol. The molecule has 0 aromatic carbocycles. The quantitative estimate of drug-likeness (QED) is 0.602. The molecule has 120 valence electrons. The second-order valence-electron chi connectivity index (χ2n) is 5.53. The predicted octanol–water partition coefficient (Wildman–Crippen LogP) is 2.28. The topological polar surface area (TPSA) is 65.0 Å². The van der Waals surface area contributed by atoms with Crippen LogP contribution in [0.4, 0.5) is 0 Å². The number of allylic oxidation sites excluding steroid dienone is 3. The number of carboxylic acid groups (broad SMARTS) is 1.